The second-order valence-electron chi connectivity index (χ2n) is 5.86. The van der Waals surface area contributed by atoms with Crippen LogP contribution in [0.1, 0.15) is 30.5 Å². The molecule has 2 rings (SSSR count). The van der Waals surface area contributed by atoms with Gasteiger partial charge in [-0.05, 0) is 37.0 Å². The van der Waals surface area contributed by atoms with Gasteiger partial charge in [0, 0.05) is 24.4 Å². The maximum Gasteiger partial charge on any atom is 0.132 e. The van der Waals surface area contributed by atoms with Crippen molar-refractivity contribution >= 4 is 11.9 Å². The molecule has 2 N–H and O–H groups in total. The molecule has 0 spiro atoms. The number of aliphatic imine (C=N–C) groups is 2. The highest BCUT2D eigenvalue weighted by Gasteiger charge is 2.14. The molecule has 0 aliphatic rings. The average Bonchev–Trinajstić information content (AvgIpc) is 2.61. The Morgan fingerprint density at radius 1 is 1.04 bits per heavy atom. The van der Waals surface area contributed by atoms with Gasteiger partial charge in [0.2, 0.25) is 0 Å². The van der Waals surface area contributed by atoms with Crippen LogP contribution < -0.4 is 5.73 Å². The highest BCUT2D eigenvalue weighted by atomic mass is 14.9. The van der Waals surface area contributed by atoms with Crippen molar-refractivity contribution in [2.45, 2.75) is 20.3 Å². The molecule has 0 amide bonds. The summed E-state index contributed by atoms with van der Waals surface area (Å²) < 4.78 is 0. The van der Waals surface area contributed by atoms with Crippen LogP contribution in [0, 0.1) is 0 Å². The highest BCUT2D eigenvalue weighted by molar-refractivity contribution is 6.15. The summed E-state index contributed by atoms with van der Waals surface area (Å²) in [6.45, 7) is 7.79. The van der Waals surface area contributed by atoms with Crippen LogP contribution in [-0.2, 0) is 6.42 Å². The standard InChI is InChI=1S/C22H25N3/c1-5-25-22(23)20(16(2)3)21(24-4)19-13-11-18(12-14-19)15-17-9-7-6-8-10-17/h5-14H,2,15,23H2,1,3-4H3/b22-20+,24-21-,25-5-. The minimum Gasteiger partial charge on any atom is -0.383 e. The van der Waals surface area contributed by atoms with E-state index in [2.05, 4.69) is 65.1 Å². The van der Waals surface area contributed by atoms with Crippen LogP contribution in [-0.4, -0.2) is 19.0 Å². The van der Waals surface area contributed by atoms with Crippen LogP contribution in [0.5, 0.6) is 0 Å². The quantitative estimate of drug-likeness (QED) is 0.613. The molecule has 0 fully saturated rings. The Hall–Kier alpha value is -2.94. The van der Waals surface area contributed by atoms with Gasteiger partial charge in [-0.3, -0.25) is 4.99 Å². The Balaban J connectivity index is 2.33. The molecule has 0 atom stereocenters. The third kappa shape index (κ3) is 4.77. The van der Waals surface area contributed by atoms with Crippen molar-refractivity contribution in [2.75, 3.05) is 7.05 Å². The maximum absolute atomic E-state index is 6.12. The van der Waals surface area contributed by atoms with E-state index in [0.29, 0.717) is 5.82 Å². The Morgan fingerprint density at radius 3 is 2.16 bits per heavy atom. The first kappa shape index (κ1) is 18.4. The fraction of sp³-hybridized carbons (Fsp3) is 0.182. The summed E-state index contributed by atoms with van der Waals surface area (Å²) in [5.41, 5.74) is 12.1. The van der Waals surface area contributed by atoms with Crippen molar-refractivity contribution in [2.24, 2.45) is 15.7 Å². The lowest BCUT2D eigenvalue weighted by molar-refractivity contribution is 1.19. The number of hydrogen-bond donors (Lipinski definition) is 1. The first-order chi connectivity index (χ1) is 12.1. The molecule has 0 unspecified atom stereocenters. The summed E-state index contributed by atoms with van der Waals surface area (Å²) in [7, 11) is 1.76. The maximum atomic E-state index is 6.12. The predicted octanol–water partition coefficient (Wildman–Crippen LogP) is 4.53. The lowest BCUT2D eigenvalue weighted by Crippen LogP contribution is -2.13. The zero-order chi connectivity index (χ0) is 18.2. The van der Waals surface area contributed by atoms with Crippen LogP contribution in [0.25, 0.3) is 0 Å². The molecule has 0 radical (unpaired) electrons. The van der Waals surface area contributed by atoms with Crippen molar-refractivity contribution in [3.05, 3.63) is 94.8 Å². The van der Waals surface area contributed by atoms with E-state index in [-0.39, 0.29) is 0 Å². The Kier molecular flexibility index (Phi) is 6.47. The fourth-order valence-electron chi connectivity index (χ4n) is 2.74. The molecule has 0 heterocycles. The molecule has 25 heavy (non-hydrogen) atoms. The third-order valence-electron chi connectivity index (χ3n) is 3.89. The van der Waals surface area contributed by atoms with Gasteiger partial charge >= 0.3 is 0 Å². The number of hydrogen-bond acceptors (Lipinski definition) is 3. The summed E-state index contributed by atoms with van der Waals surface area (Å²) >= 11 is 0. The summed E-state index contributed by atoms with van der Waals surface area (Å²) in [4.78, 5) is 8.65. The molecular formula is C22H25N3. The lowest BCUT2D eigenvalue weighted by atomic mass is 9.95. The highest BCUT2D eigenvalue weighted by Crippen LogP contribution is 2.20. The smallest absolute Gasteiger partial charge is 0.132 e. The minimum atomic E-state index is 0.434. The summed E-state index contributed by atoms with van der Waals surface area (Å²) in [6.07, 6.45) is 2.58. The van der Waals surface area contributed by atoms with Gasteiger partial charge < -0.3 is 5.73 Å². The third-order valence-corrected chi connectivity index (χ3v) is 3.89. The van der Waals surface area contributed by atoms with E-state index in [0.717, 1.165) is 28.8 Å². The second-order valence-corrected chi connectivity index (χ2v) is 5.86. The molecule has 3 nitrogen and oxygen atoms in total. The molecule has 3 heteroatoms. The van der Waals surface area contributed by atoms with E-state index in [1.54, 1.807) is 13.3 Å². The van der Waals surface area contributed by atoms with E-state index in [4.69, 9.17) is 5.73 Å². The van der Waals surface area contributed by atoms with Gasteiger partial charge in [0.1, 0.15) is 5.82 Å². The normalized spacial score (nSPS) is 13.0. The zero-order valence-corrected chi connectivity index (χ0v) is 15.2. The summed E-state index contributed by atoms with van der Waals surface area (Å²) in [6, 6.07) is 18.8. The second kappa shape index (κ2) is 8.78. The number of rotatable bonds is 6. The molecular weight excluding hydrogens is 306 g/mol. The number of benzene rings is 2. The van der Waals surface area contributed by atoms with E-state index in [1.165, 1.54) is 11.1 Å². The largest absolute Gasteiger partial charge is 0.383 e. The first-order valence-corrected chi connectivity index (χ1v) is 8.31. The van der Waals surface area contributed by atoms with Crippen LogP contribution in [0.4, 0.5) is 0 Å². The SMILES string of the molecule is C=C(C)C(/C(=N\C)c1ccc(Cc2ccccc2)cc1)=C(N)\N=C/C. The van der Waals surface area contributed by atoms with Crippen LogP contribution >= 0.6 is 0 Å². The topological polar surface area (TPSA) is 50.7 Å². The van der Waals surface area contributed by atoms with Gasteiger partial charge in [0.05, 0.1) is 5.71 Å². The molecule has 0 aliphatic heterocycles. The van der Waals surface area contributed by atoms with Gasteiger partial charge in [0.15, 0.2) is 0 Å². The lowest BCUT2D eigenvalue weighted by Gasteiger charge is -2.13. The first-order valence-electron chi connectivity index (χ1n) is 8.31. The van der Waals surface area contributed by atoms with Crippen molar-refractivity contribution in [1.82, 2.24) is 0 Å². The molecule has 0 saturated heterocycles. The van der Waals surface area contributed by atoms with E-state index in [1.807, 2.05) is 19.9 Å². The molecule has 128 valence electrons. The Morgan fingerprint density at radius 2 is 1.64 bits per heavy atom. The van der Waals surface area contributed by atoms with Crippen LogP contribution in [0.15, 0.2) is 88.1 Å². The number of allylic oxidation sites excluding steroid dienone is 2. The number of nitrogens with zero attached hydrogens (tertiary/aromatic N) is 2. The van der Waals surface area contributed by atoms with Crippen molar-refractivity contribution in [3.8, 4) is 0 Å². The molecule has 0 saturated carbocycles. The van der Waals surface area contributed by atoms with Gasteiger partial charge in [-0.1, -0.05) is 61.2 Å². The Labute approximate surface area is 150 Å². The van der Waals surface area contributed by atoms with Gasteiger partial charge in [-0.2, -0.15) is 0 Å². The number of nitrogens with two attached hydrogens (primary N) is 1. The molecule has 0 bridgehead atoms. The molecule has 0 aromatic heterocycles. The van der Waals surface area contributed by atoms with Crippen LogP contribution in [0.2, 0.25) is 0 Å². The van der Waals surface area contributed by atoms with Crippen molar-refractivity contribution in [1.29, 1.82) is 0 Å². The fourth-order valence-corrected chi connectivity index (χ4v) is 2.74. The van der Waals surface area contributed by atoms with Gasteiger partial charge in [-0.25, -0.2) is 4.99 Å². The average molecular weight is 331 g/mol. The molecule has 2 aromatic rings. The predicted molar refractivity (Wildman–Crippen MR) is 108 cm³/mol. The van der Waals surface area contributed by atoms with Crippen molar-refractivity contribution in [3.63, 3.8) is 0 Å². The summed E-state index contributed by atoms with van der Waals surface area (Å²) in [5, 5.41) is 0. The Bertz CT molecular complexity index is 810. The zero-order valence-electron chi connectivity index (χ0n) is 15.2. The monoisotopic (exact) mass is 331 g/mol. The van der Waals surface area contributed by atoms with E-state index >= 15 is 0 Å². The molecule has 2 aromatic carbocycles. The van der Waals surface area contributed by atoms with Gasteiger partial charge in [-0.15, -0.1) is 0 Å². The van der Waals surface area contributed by atoms with Gasteiger partial charge in [0.25, 0.3) is 0 Å². The van der Waals surface area contributed by atoms with Crippen molar-refractivity contribution < 1.29 is 0 Å². The molecule has 0 aliphatic carbocycles. The van der Waals surface area contributed by atoms with E-state index in [9.17, 15) is 0 Å². The van der Waals surface area contributed by atoms with E-state index < -0.39 is 0 Å². The van der Waals surface area contributed by atoms with Crippen LogP contribution in [0.3, 0.4) is 0 Å². The minimum absolute atomic E-state index is 0.434. The summed E-state index contributed by atoms with van der Waals surface area (Å²) in [5.74, 6) is 0.434.